The molecular weight excluding hydrogens is 368 g/mol. The molecule has 2 aliphatic heterocycles. The van der Waals surface area contributed by atoms with Gasteiger partial charge < -0.3 is 19.6 Å². The van der Waals surface area contributed by atoms with Crippen molar-refractivity contribution in [1.82, 2.24) is 10.2 Å². The molecule has 1 saturated heterocycles. The standard InChI is InChI=1S/C23H22N2O4/c1-14-10-18(26)17(13-25-8-6-24-7-9-25)23-21(14)22(27)20(29-23)12-16-11-15-4-2-3-5-19(15)28-16/h2-5,10-12,24,26H,6-9,13H2,1H3. The monoisotopic (exact) mass is 390 g/mol. The van der Waals surface area contributed by atoms with E-state index in [0.29, 0.717) is 34.7 Å². The number of furan rings is 1. The molecule has 0 bridgehead atoms. The molecule has 0 aliphatic carbocycles. The lowest BCUT2D eigenvalue weighted by molar-refractivity contribution is 0.101. The molecule has 0 spiro atoms. The number of nitrogens with one attached hydrogen (secondary N) is 1. The second kappa shape index (κ2) is 7.06. The largest absolute Gasteiger partial charge is 0.507 e. The minimum absolute atomic E-state index is 0.164. The fourth-order valence-corrected chi connectivity index (χ4v) is 4.03. The zero-order valence-electron chi connectivity index (χ0n) is 16.2. The highest BCUT2D eigenvalue weighted by Gasteiger charge is 2.34. The number of allylic oxidation sites excluding steroid dienone is 1. The van der Waals surface area contributed by atoms with Crippen molar-refractivity contribution in [3.8, 4) is 11.5 Å². The highest BCUT2D eigenvalue weighted by molar-refractivity contribution is 6.15. The molecule has 5 rings (SSSR count). The fourth-order valence-electron chi connectivity index (χ4n) is 4.03. The molecular formula is C23H22N2O4. The molecule has 29 heavy (non-hydrogen) atoms. The van der Waals surface area contributed by atoms with E-state index < -0.39 is 0 Å². The van der Waals surface area contributed by atoms with E-state index in [-0.39, 0.29) is 17.3 Å². The van der Waals surface area contributed by atoms with Crippen molar-refractivity contribution < 1.29 is 19.1 Å². The van der Waals surface area contributed by atoms with E-state index in [9.17, 15) is 9.90 Å². The maximum Gasteiger partial charge on any atom is 0.232 e. The zero-order valence-corrected chi connectivity index (χ0v) is 16.2. The third-order valence-corrected chi connectivity index (χ3v) is 5.53. The number of piperazine rings is 1. The Labute approximate surface area is 168 Å². The van der Waals surface area contributed by atoms with Crippen molar-refractivity contribution in [1.29, 1.82) is 0 Å². The van der Waals surface area contributed by atoms with Gasteiger partial charge in [0.25, 0.3) is 0 Å². The van der Waals surface area contributed by atoms with Crippen LogP contribution >= 0.6 is 0 Å². The van der Waals surface area contributed by atoms with Gasteiger partial charge in [0.1, 0.15) is 22.8 Å². The number of hydrogen-bond donors (Lipinski definition) is 2. The molecule has 1 aromatic heterocycles. The van der Waals surface area contributed by atoms with E-state index in [4.69, 9.17) is 9.15 Å². The van der Waals surface area contributed by atoms with E-state index in [0.717, 1.165) is 37.1 Å². The third-order valence-electron chi connectivity index (χ3n) is 5.53. The Morgan fingerprint density at radius 2 is 2.00 bits per heavy atom. The smallest absolute Gasteiger partial charge is 0.232 e. The summed E-state index contributed by atoms with van der Waals surface area (Å²) < 4.78 is 11.8. The summed E-state index contributed by atoms with van der Waals surface area (Å²) in [6.07, 6.45) is 1.63. The van der Waals surface area contributed by atoms with Crippen molar-refractivity contribution in [2.75, 3.05) is 26.2 Å². The molecule has 2 N–H and O–H groups in total. The Morgan fingerprint density at radius 1 is 1.21 bits per heavy atom. The van der Waals surface area contributed by atoms with Crippen LogP contribution in [0.3, 0.4) is 0 Å². The molecule has 0 saturated carbocycles. The number of ketones is 1. The van der Waals surface area contributed by atoms with E-state index in [1.165, 1.54) is 0 Å². The van der Waals surface area contributed by atoms with E-state index in [1.807, 2.05) is 37.3 Å². The van der Waals surface area contributed by atoms with Gasteiger partial charge in [-0.05, 0) is 30.7 Å². The normalized spacial score (nSPS) is 18.4. The summed E-state index contributed by atoms with van der Waals surface area (Å²) in [5.74, 6) is 1.23. The average molecular weight is 390 g/mol. The first-order chi connectivity index (χ1) is 14.1. The number of Topliss-reactive ketones (excluding diaryl/α,β-unsaturated/α-hetero) is 1. The van der Waals surface area contributed by atoms with Gasteiger partial charge in [-0.15, -0.1) is 0 Å². The molecule has 3 heterocycles. The lowest BCUT2D eigenvalue weighted by atomic mass is 9.99. The highest BCUT2D eigenvalue weighted by Crippen LogP contribution is 2.42. The van der Waals surface area contributed by atoms with Gasteiger partial charge in [-0.25, -0.2) is 0 Å². The van der Waals surface area contributed by atoms with Crippen LogP contribution in [0.5, 0.6) is 11.5 Å². The molecule has 0 amide bonds. The number of ether oxygens (including phenoxy) is 1. The minimum Gasteiger partial charge on any atom is -0.507 e. The third kappa shape index (κ3) is 3.20. The van der Waals surface area contributed by atoms with Crippen LogP contribution in [0.4, 0.5) is 0 Å². The van der Waals surface area contributed by atoms with Crippen LogP contribution in [0, 0.1) is 6.92 Å². The number of fused-ring (bicyclic) bond motifs is 2. The van der Waals surface area contributed by atoms with Crippen molar-refractivity contribution >= 4 is 22.8 Å². The quantitative estimate of drug-likeness (QED) is 0.667. The van der Waals surface area contributed by atoms with Crippen LogP contribution in [-0.2, 0) is 6.54 Å². The molecule has 0 unspecified atom stereocenters. The summed E-state index contributed by atoms with van der Waals surface area (Å²) in [4.78, 5) is 15.3. The average Bonchev–Trinajstić information content (AvgIpc) is 3.27. The molecule has 0 atom stereocenters. The first-order valence-electron chi connectivity index (χ1n) is 9.81. The summed E-state index contributed by atoms with van der Waals surface area (Å²) in [5, 5.41) is 14.9. The van der Waals surface area contributed by atoms with Crippen LogP contribution in [0.15, 0.2) is 46.6 Å². The Kier molecular flexibility index (Phi) is 4.38. The predicted octanol–water partition coefficient (Wildman–Crippen LogP) is 3.47. The van der Waals surface area contributed by atoms with Crippen LogP contribution in [-0.4, -0.2) is 42.0 Å². The van der Waals surface area contributed by atoms with Crippen LogP contribution in [0.1, 0.15) is 27.2 Å². The number of nitrogens with zero attached hydrogens (tertiary/aromatic N) is 1. The SMILES string of the molecule is Cc1cc(O)c(CN2CCNCC2)c2c1C(=O)C(=Cc1cc3ccccc3o1)O2. The molecule has 6 heteroatoms. The van der Waals surface area contributed by atoms with Crippen LogP contribution in [0.2, 0.25) is 0 Å². The summed E-state index contributed by atoms with van der Waals surface area (Å²) in [6.45, 7) is 5.95. The molecule has 1 fully saturated rings. The van der Waals surface area contributed by atoms with Gasteiger partial charge >= 0.3 is 0 Å². The number of phenols is 1. The summed E-state index contributed by atoms with van der Waals surface area (Å²) in [7, 11) is 0. The topological polar surface area (TPSA) is 74.9 Å². The van der Waals surface area contributed by atoms with Crippen LogP contribution < -0.4 is 10.1 Å². The Morgan fingerprint density at radius 3 is 2.79 bits per heavy atom. The van der Waals surface area contributed by atoms with Gasteiger partial charge in [0.05, 0.1) is 11.1 Å². The number of phenolic OH excluding ortho intramolecular Hbond substituents is 1. The highest BCUT2D eigenvalue weighted by atomic mass is 16.5. The van der Waals surface area contributed by atoms with Crippen molar-refractivity contribution in [3.63, 3.8) is 0 Å². The molecule has 2 aliphatic rings. The lowest BCUT2D eigenvalue weighted by Crippen LogP contribution is -2.42. The number of benzene rings is 2. The number of carbonyl (C=O) groups is 1. The van der Waals surface area contributed by atoms with Gasteiger partial charge in [0, 0.05) is 44.2 Å². The zero-order chi connectivity index (χ0) is 20.0. The van der Waals surface area contributed by atoms with Gasteiger partial charge in [0.15, 0.2) is 5.76 Å². The lowest BCUT2D eigenvalue weighted by Gasteiger charge is -2.28. The second-order valence-electron chi connectivity index (χ2n) is 7.55. The molecule has 3 aromatic rings. The fraction of sp³-hybridized carbons (Fsp3) is 0.261. The van der Waals surface area contributed by atoms with Crippen LogP contribution in [0.25, 0.3) is 17.0 Å². The number of rotatable bonds is 3. The first kappa shape index (κ1) is 18.0. The van der Waals surface area contributed by atoms with Gasteiger partial charge in [-0.1, -0.05) is 18.2 Å². The molecule has 0 radical (unpaired) electrons. The van der Waals surface area contributed by atoms with Crippen molar-refractivity contribution in [3.05, 3.63) is 64.6 Å². The first-order valence-corrected chi connectivity index (χ1v) is 9.81. The number of aryl methyl sites for hydroxylation is 1. The molecule has 6 nitrogen and oxygen atoms in total. The Hall–Kier alpha value is -3.09. The van der Waals surface area contributed by atoms with E-state index in [1.54, 1.807) is 12.1 Å². The van der Waals surface area contributed by atoms with Gasteiger partial charge in [-0.3, -0.25) is 9.69 Å². The molecule has 2 aromatic carbocycles. The summed E-state index contributed by atoms with van der Waals surface area (Å²) in [6, 6.07) is 11.2. The summed E-state index contributed by atoms with van der Waals surface area (Å²) in [5.41, 5.74) is 2.65. The Balaban J connectivity index is 1.52. The number of para-hydroxylation sites is 1. The van der Waals surface area contributed by atoms with Crippen molar-refractivity contribution in [2.45, 2.75) is 13.5 Å². The predicted molar refractivity (Wildman–Crippen MR) is 110 cm³/mol. The number of carbonyl (C=O) groups excluding carboxylic acids is 1. The summed E-state index contributed by atoms with van der Waals surface area (Å²) >= 11 is 0. The number of hydrogen-bond acceptors (Lipinski definition) is 6. The van der Waals surface area contributed by atoms with Crippen molar-refractivity contribution in [2.24, 2.45) is 0 Å². The maximum atomic E-state index is 13.1. The maximum absolute atomic E-state index is 13.1. The Bertz CT molecular complexity index is 1110. The number of aromatic hydroxyl groups is 1. The minimum atomic E-state index is -0.181. The van der Waals surface area contributed by atoms with Gasteiger partial charge in [0.2, 0.25) is 5.78 Å². The van der Waals surface area contributed by atoms with E-state index in [2.05, 4.69) is 10.2 Å². The van der Waals surface area contributed by atoms with E-state index >= 15 is 0 Å². The van der Waals surface area contributed by atoms with Gasteiger partial charge in [-0.2, -0.15) is 0 Å². The molecule has 148 valence electrons. The second-order valence-corrected chi connectivity index (χ2v) is 7.55.